The number of hydrogen-bond donors (Lipinski definition) is 2. The topological polar surface area (TPSA) is 163 Å². The first-order valence-corrected chi connectivity index (χ1v) is 16.4. The van der Waals surface area contributed by atoms with Gasteiger partial charge in [-0.25, -0.2) is 9.59 Å². The maximum Gasteiger partial charge on any atom is 0.408 e. The van der Waals surface area contributed by atoms with Crippen molar-refractivity contribution in [3.8, 4) is 0 Å². The van der Waals surface area contributed by atoms with Gasteiger partial charge in [0.1, 0.15) is 26.7 Å². The molecular weight excluding hydrogens is 624 g/mol. The van der Waals surface area contributed by atoms with Gasteiger partial charge < -0.3 is 24.3 Å². The third-order valence-electron chi connectivity index (χ3n) is 7.27. The molecule has 3 amide bonds. The molecule has 1 aliphatic heterocycles. The zero-order chi connectivity index (χ0) is 33.8. The number of fused-ring (bicyclic) bond motifs is 1. The van der Waals surface area contributed by atoms with E-state index >= 15 is 0 Å². The molecule has 1 aliphatic carbocycles. The minimum absolute atomic E-state index is 0.0208. The average Bonchev–Trinajstić information content (AvgIpc) is 3.07. The molecule has 248 valence electrons. The van der Waals surface area contributed by atoms with Crippen molar-refractivity contribution in [2.24, 2.45) is 5.92 Å². The number of benzene rings is 1. The number of carbonyl (C=O) groups excluding carboxylic acids is 6. The molecule has 1 saturated carbocycles. The molecule has 2 aliphatic rings. The lowest BCUT2D eigenvalue weighted by atomic mass is 9.61. The van der Waals surface area contributed by atoms with E-state index in [1.807, 2.05) is 30.3 Å². The highest BCUT2D eigenvalue weighted by molar-refractivity contribution is 8.06. The standard InChI is InChI=1S/C31H42N2O10S2/c1-28(2,3)42-22(34)14-19(23(35)40-7)16-44-30-15-20(18-12-10-9-11-13-18)31(30,26(38)33-25(30)37)45-17-21(24(36)41-8)32-27(39)43-29(4,5)6/h9-13,19-21H,14-17H2,1-8H3,(H,32,39)(H,33,37,38)/t19-,20+,21-,30-,31+/m0/s1. The Morgan fingerprint density at radius 2 is 1.49 bits per heavy atom. The van der Waals surface area contributed by atoms with E-state index in [1.165, 1.54) is 14.2 Å². The quantitative estimate of drug-likeness (QED) is 0.190. The second-order valence-corrected chi connectivity index (χ2v) is 15.5. The van der Waals surface area contributed by atoms with Gasteiger partial charge in [0.05, 0.1) is 26.6 Å². The minimum atomic E-state index is -1.43. The molecule has 3 rings (SSSR count). The van der Waals surface area contributed by atoms with E-state index in [-0.39, 0.29) is 24.3 Å². The number of thioether (sulfide) groups is 2. The zero-order valence-corrected chi connectivity index (χ0v) is 28.5. The molecule has 1 saturated heterocycles. The van der Waals surface area contributed by atoms with Crippen molar-refractivity contribution in [2.45, 2.75) is 87.0 Å². The van der Waals surface area contributed by atoms with Gasteiger partial charge >= 0.3 is 24.0 Å². The summed E-state index contributed by atoms with van der Waals surface area (Å²) in [5, 5.41) is 5.00. The van der Waals surface area contributed by atoms with Crippen molar-refractivity contribution in [1.82, 2.24) is 10.6 Å². The number of hydrogen-bond acceptors (Lipinski definition) is 12. The molecule has 1 aromatic rings. The fourth-order valence-corrected chi connectivity index (χ4v) is 9.04. The van der Waals surface area contributed by atoms with Crippen LogP contribution >= 0.6 is 23.5 Å². The van der Waals surface area contributed by atoms with E-state index in [9.17, 15) is 28.8 Å². The molecule has 0 unspecified atom stereocenters. The van der Waals surface area contributed by atoms with Crippen LogP contribution in [0.1, 0.15) is 65.9 Å². The molecule has 2 N–H and O–H groups in total. The molecular formula is C31H42N2O10S2. The van der Waals surface area contributed by atoms with Crippen molar-refractivity contribution >= 4 is 59.3 Å². The Hall–Kier alpha value is -3.26. The minimum Gasteiger partial charge on any atom is -0.469 e. The van der Waals surface area contributed by atoms with Crippen LogP contribution in [0.25, 0.3) is 0 Å². The molecule has 0 spiro atoms. The van der Waals surface area contributed by atoms with Gasteiger partial charge in [-0.05, 0) is 53.5 Å². The summed E-state index contributed by atoms with van der Waals surface area (Å²) in [6.07, 6.45) is -0.885. The van der Waals surface area contributed by atoms with Crippen molar-refractivity contribution in [2.75, 3.05) is 25.7 Å². The SMILES string of the molecule is COC(=O)[C@H](CS[C@]12C[C@H](c3ccccc3)[C@@]1(SC[C@H](NC(=O)OC(C)(C)C)C(=O)OC)C(=O)NC2=O)CC(=O)OC(C)(C)C. The van der Waals surface area contributed by atoms with Crippen LogP contribution in [-0.4, -0.2) is 88.3 Å². The van der Waals surface area contributed by atoms with Crippen molar-refractivity contribution in [3.63, 3.8) is 0 Å². The fraction of sp³-hybridized carbons (Fsp3) is 0.613. The normalized spacial score (nSPS) is 23.9. The number of alkyl carbamates (subject to hydrolysis) is 1. The lowest BCUT2D eigenvalue weighted by molar-refractivity contribution is -0.160. The molecule has 12 nitrogen and oxygen atoms in total. The lowest BCUT2D eigenvalue weighted by Gasteiger charge is -2.56. The second-order valence-electron chi connectivity index (χ2n) is 12.9. The van der Waals surface area contributed by atoms with Crippen molar-refractivity contribution < 1.29 is 47.7 Å². The number of amides is 3. The van der Waals surface area contributed by atoms with Crippen LogP contribution < -0.4 is 10.6 Å². The number of ether oxygens (including phenoxy) is 4. The summed E-state index contributed by atoms with van der Waals surface area (Å²) in [7, 11) is 2.38. The molecule has 0 radical (unpaired) electrons. The molecule has 5 atom stereocenters. The van der Waals surface area contributed by atoms with Crippen LogP contribution in [0.3, 0.4) is 0 Å². The number of imide groups is 1. The molecule has 1 heterocycles. The largest absolute Gasteiger partial charge is 0.469 e. The average molecular weight is 667 g/mol. The number of nitrogens with one attached hydrogen (secondary N) is 2. The van der Waals surface area contributed by atoms with Gasteiger partial charge in [0.2, 0.25) is 11.8 Å². The Balaban J connectivity index is 1.96. The van der Waals surface area contributed by atoms with E-state index in [0.717, 1.165) is 29.1 Å². The fourth-order valence-electron chi connectivity index (χ4n) is 5.37. The maximum atomic E-state index is 13.8. The first-order valence-electron chi connectivity index (χ1n) is 14.4. The molecule has 2 fully saturated rings. The van der Waals surface area contributed by atoms with Gasteiger partial charge in [-0.2, -0.15) is 0 Å². The molecule has 14 heteroatoms. The highest BCUT2D eigenvalue weighted by atomic mass is 32.2. The summed E-state index contributed by atoms with van der Waals surface area (Å²) < 4.78 is 17.8. The summed E-state index contributed by atoms with van der Waals surface area (Å²) in [4.78, 5) is 78.2. The van der Waals surface area contributed by atoms with E-state index < -0.39 is 74.4 Å². The number of methoxy groups -OCH3 is 2. The van der Waals surface area contributed by atoms with Gasteiger partial charge in [0, 0.05) is 17.4 Å². The Kier molecular flexibility index (Phi) is 11.3. The molecule has 45 heavy (non-hydrogen) atoms. The predicted molar refractivity (Wildman–Crippen MR) is 168 cm³/mol. The summed E-state index contributed by atoms with van der Waals surface area (Å²) in [5.74, 6) is -4.66. The number of esters is 3. The van der Waals surface area contributed by atoms with Gasteiger partial charge in [0.25, 0.3) is 0 Å². The number of rotatable bonds is 12. The Labute approximate surface area is 271 Å². The highest BCUT2D eigenvalue weighted by Gasteiger charge is 2.78. The van der Waals surface area contributed by atoms with E-state index in [1.54, 1.807) is 41.5 Å². The highest BCUT2D eigenvalue weighted by Crippen LogP contribution is 2.68. The Bertz CT molecular complexity index is 1310. The monoisotopic (exact) mass is 666 g/mol. The smallest absolute Gasteiger partial charge is 0.408 e. The summed E-state index contributed by atoms with van der Waals surface area (Å²) in [6.45, 7) is 10.2. The van der Waals surface area contributed by atoms with Crippen LogP contribution in [0.2, 0.25) is 0 Å². The first kappa shape index (κ1) is 36.2. The summed E-state index contributed by atoms with van der Waals surface area (Å²) >= 11 is 2.16. The Morgan fingerprint density at radius 1 is 0.889 bits per heavy atom. The van der Waals surface area contributed by atoms with Crippen LogP contribution in [0.4, 0.5) is 4.79 Å². The second kappa shape index (κ2) is 14.0. The van der Waals surface area contributed by atoms with Crippen LogP contribution in [0, 0.1) is 5.92 Å². The van der Waals surface area contributed by atoms with Gasteiger partial charge in [-0.3, -0.25) is 24.5 Å². The maximum absolute atomic E-state index is 13.8. The van der Waals surface area contributed by atoms with Crippen molar-refractivity contribution in [1.29, 1.82) is 0 Å². The Morgan fingerprint density at radius 3 is 2.04 bits per heavy atom. The van der Waals surface area contributed by atoms with Crippen LogP contribution in [0.5, 0.6) is 0 Å². The van der Waals surface area contributed by atoms with Gasteiger partial charge in [0.15, 0.2) is 0 Å². The first-order chi connectivity index (χ1) is 20.9. The lowest BCUT2D eigenvalue weighted by Crippen LogP contribution is -2.67. The zero-order valence-electron chi connectivity index (χ0n) is 26.8. The summed E-state index contributed by atoms with van der Waals surface area (Å²) in [5.41, 5.74) is -0.797. The third kappa shape index (κ3) is 8.13. The summed E-state index contributed by atoms with van der Waals surface area (Å²) in [6, 6.07) is 7.99. The van der Waals surface area contributed by atoms with Gasteiger partial charge in [-0.1, -0.05) is 30.3 Å². The van der Waals surface area contributed by atoms with Gasteiger partial charge in [-0.15, -0.1) is 23.5 Å². The molecule has 1 aromatic carbocycles. The van der Waals surface area contributed by atoms with Crippen LogP contribution in [0.15, 0.2) is 30.3 Å². The van der Waals surface area contributed by atoms with Crippen LogP contribution in [-0.2, 0) is 42.9 Å². The third-order valence-corrected chi connectivity index (χ3v) is 10.9. The van der Waals surface area contributed by atoms with E-state index in [2.05, 4.69) is 10.6 Å². The van der Waals surface area contributed by atoms with E-state index in [0.29, 0.717) is 0 Å². The van der Waals surface area contributed by atoms with Crippen molar-refractivity contribution in [3.05, 3.63) is 35.9 Å². The number of carbonyl (C=O) groups is 6. The molecule has 0 aromatic heterocycles. The predicted octanol–water partition coefficient (Wildman–Crippen LogP) is 3.36. The molecule has 0 bridgehead atoms. The van der Waals surface area contributed by atoms with E-state index in [4.69, 9.17) is 18.9 Å².